The van der Waals surface area contributed by atoms with E-state index in [0.29, 0.717) is 0 Å². The van der Waals surface area contributed by atoms with Crippen molar-refractivity contribution in [3.63, 3.8) is 0 Å². The highest BCUT2D eigenvalue weighted by atomic mass is 35.5. The average Bonchev–Trinajstić information content (AvgIpc) is 2.42. The fraction of sp³-hybridized carbons (Fsp3) is 0.417. The molecular formula is C12H13ClFNO5S. The zero-order valence-electron chi connectivity index (χ0n) is 10.8. The lowest BCUT2D eigenvalue weighted by atomic mass is 9.92. The van der Waals surface area contributed by atoms with E-state index in [1.165, 1.54) is 0 Å². The SMILES string of the molecule is O=C(O)C1(NS(=O)(=O)c2cc(F)ccc2Cl)CCOCC1. The number of ether oxygens (including phenoxy) is 1. The molecule has 116 valence electrons. The van der Waals surface area contributed by atoms with Crippen LogP contribution in [0.4, 0.5) is 4.39 Å². The topological polar surface area (TPSA) is 92.7 Å². The first-order valence-corrected chi connectivity index (χ1v) is 7.93. The lowest BCUT2D eigenvalue weighted by Gasteiger charge is -2.33. The van der Waals surface area contributed by atoms with E-state index in [0.717, 1.165) is 18.2 Å². The lowest BCUT2D eigenvalue weighted by molar-refractivity contribution is -0.147. The van der Waals surface area contributed by atoms with Gasteiger partial charge in [0.15, 0.2) is 0 Å². The summed E-state index contributed by atoms with van der Waals surface area (Å²) < 4.78 is 45.0. The normalized spacial score (nSPS) is 18.4. The van der Waals surface area contributed by atoms with Gasteiger partial charge in [-0.3, -0.25) is 4.79 Å². The summed E-state index contributed by atoms with van der Waals surface area (Å²) in [7, 11) is -4.27. The summed E-state index contributed by atoms with van der Waals surface area (Å²) in [6.07, 6.45) is -0.0387. The van der Waals surface area contributed by atoms with Crippen molar-refractivity contribution in [3.8, 4) is 0 Å². The molecule has 0 amide bonds. The Morgan fingerprint density at radius 2 is 2.00 bits per heavy atom. The van der Waals surface area contributed by atoms with Gasteiger partial charge in [-0.15, -0.1) is 0 Å². The van der Waals surface area contributed by atoms with Crippen molar-refractivity contribution in [1.82, 2.24) is 4.72 Å². The van der Waals surface area contributed by atoms with Gasteiger partial charge in [0.05, 0.1) is 5.02 Å². The van der Waals surface area contributed by atoms with Crippen LogP contribution in [0.1, 0.15) is 12.8 Å². The van der Waals surface area contributed by atoms with Gasteiger partial charge in [-0.05, 0) is 18.2 Å². The number of carboxylic acid groups (broad SMARTS) is 1. The zero-order valence-corrected chi connectivity index (χ0v) is 12.4. The van der Waals surface area contributed by atoms with Gasteiger partial charge in [-0.25, -0.2) is 12.8 Å². The van der Waals surface area contributed by atoms with Crippen molar-refractivity contribution in [3.05, 3.63) is 29.0 Å². The van der Waals surface area contributed by atoms with Crippen molar-refractivity contribution in [1.29, 1.82) is 0 Å². The number of rotatable bonds is 4. The smallest absolute Gasteiger partial charge is 0.325 e. The van der Waals surface area contributed by atoms with Crippen molar-refractivity contribution >= 4 is 27.6 Å². The third-order valence-electron chi connectivity index (χ3n) is 3.27. The fourth-order valence-corrected chi connectivity index (χ4v) is 4.01. The molecule has 1 aromatic carbocycles. The Morgan fingerprint density at radius 1 is 1.38 bits per heavy atom. The first-order valence-electron chi connectivity index (χ1n) is 6.07. The Morgan fingerprint density at radius 3 is 2.57 bits per heavy atom. The molecule has 0 unspecified atom stereocenters. The van der Waals surface area contributed by atoms with Crippen LogP contribution in [0.15, 0.2) is 23.1 Å². The maximum absolute atomic E-state index is 13.2. The van der Waals surface area contributed by atoms with Crippen LogP contribution >= 0.6 is 11.6 Å². The Kier molecular flexibility index (Phi) is 4.52. The third-order valence-corrected chi connectivity index (χ3v) is 5.29. The third kappa shape index (κ3) is 3.34. The molecule has 0 radical (unpaired) electrons. The van der Waals surface area contributed by atoms with Gasteiger partial charge in [0, 0.05) is 26.1 Å². The Hall–Kier alpha value is -1.22. The molecule has 1 aliphatic rings. The fourth-order valence-electron chi connectivity index (χ4n) is 2.07. The van der Waals surface area contributed by atoms with Gasteiger partial charge in [0.2, 0.25) is 10.0 Å². The van der Waals surface area contributed by atoms with Crippen LogP contribution in [-0.2, 0) is 19.6 Å². The van der Waals surface area contributed by atoms with Gasteiger partial charge in [-0.1, -0.05) is 11.6 Å². The van der Waals surface area contributed by atoms with E-state index in [4.69, 9.17) is 16.3 Å². The molecule has 0 spiro atoms. The lowest BCUT2D eigenvalue weighted by Crippen LogP contribution is -2.57. The largest absolute Gasteiger partial charge is 0.480 e. The van der Waals surface area contributed by atoms with Gasteiger partial charge in [-0.2, -0.15) is 4.72 Å². The minimum Gasteiger partial charge on any atom is -0.480 e. The first-order chi connectivity index (χ1) is 9.77. The summed E-state index contributed by atoms with van der Waals surface area (Å²) in [6, 6.07) is 2.87. The highest BCUT2D eigenvalue weighted by molar-refractivity contribution is 7.89. The van der Waals surface area contributed by atoms with Gasteiger partial charge < -0.3 is 9.84 Å². The monoisotopic (exact) mass is 337 g/mol. The number of halogens is 2. The van der Waals surface area contributed by atoms with Crippen molar-refractivity contribution in [2.75, 3.05) is 13.2 Å². The summed E-state index contributed by atoms with van der Waals surface area (Å²) >= 11 is 5.77. The molecule has 0 aromatic heterocycles. The summed E-state index contributed by atoms with van der Waals surface area (Å²) in [5.41, 5.74) is -1.67. The van der Waals surface area contributed by atoms with E-state index in [-0.39, 0.29) is 31.1 Å². The molecule has 9 heteroatoms. The molecule has 0 saturated carbocycles. The molecule has 1 aromatic rings. The number of benzene rings is 1. The van der Waals surface area contributed by atoms with Gasteiger partial charge in [0.25, 0.3) is 0 Å². The highest BCUT2D eigenvalue weighted by Crippen LogP contribution is 2.27. The minimum atomic E-state index is -4.27. The second-order valence-electron chi connectivity index (χ2n) is 4.68. The van der Waals surface area contributed by atoms with Crippen LogP contribution in [0.3, 0.4) is 0 Å². The molecule has 21 heavy (non-hydrogen) atoms. The van der Waals surface area contributed by atoms with Crippen LogP contribution in [0.2, 0.25) is 5.02 Å². The molecule has 1 saturated heterocycles. The van der Waals surface area contributed by atoms with E-state index in [9.17, 15) is 22.7 Å². The number of hydrogen-bond acceptors (Lipinski definition) is 4. The van der Waals surface area contributed by atoms with E-state index in [1.54, 1.807) is 0 Å². The summed E-state index contributed by atoms with van der Waals surface area (Å²) in [5, 5.41) is 9.15. The number of nitrogens with one attached hydrogen (secondary N) is 1. The molecule has 6 nitrogen and oxygen atoms in total. The molecule has 1 fully saturated rings. The average molecular weight is 338 g/mol. The predicted molar refractivity (Wildman–Crippen MR) is 72.2 cm³/mol. The van der Waals surface area contributed by atoms with Gasteiger partial charge >= 0.3 is 5.97 Å². The minimum absolute atomic E-state index is 0.0193. The van der Waals surface area contributed by atoms with Crippen LogP contribution in [0, 0.1) is 5.82 Å². The van der Waals surface area contributed by atoms with Crippen LogP contribution in [-0.4, -0.2) is 38.2 Å². The summed E-state index contributed by atoms with van der Waals surface area (Å²) in [6.45, 7) is 0.234. The predicted octanol–water partition coefficient (Wildman–Crippen LogP) is 1.39. The number of carboxylic acids is 1. The second kappa shape index (κ2) is 5.88. The molecule has 1 heterocycles. The zero-order chi connectivity index (χ0) is 15.7. The number of sulfonamides is 1. The maximum Gasteiger partial charge on any atom is 0.325 e. The van der Waals surface area contributed by atoms with Gasteiger partial charge in [0.1, 0.15) is 16.3 Å². The molecule has 2 N–H and O–H groups in total. The van der Waals surface area contributed by atoms with Crippen LogP contribution in [0.5, 0.6) is 0 Å². The highest BCUT2D eigenvalue weighted by Gasteiger charge is 2.44. The standard InChI is InChI=1S/C12H13ClFNO5S/c13-9-2-1-8(14)7-10(9)21(18,19)15-12(11(16)17)3-5-20-6-4-12/h1-2,7,15H,3-6H2,(H,16,17). The van der Waals surface area contributed by atoms with Crippen molar-refractivity contribution < 1.29 is 27.4 Å². The second-order valence-corrected chi connectivity index (χ2v) is 6.74. The molecule has 2 rings (SSSR count). The van der Waals surface area contributed by atoms with E-state index in [1.807, 2.05) is 0 Å². The summed E-state index contributed by atoms with van der Waals surface area (Å²) in [5.74, 6) is -2.09. The quantitative estimate of drug-likeness (QED) is 0.866. The molecular weight excluding hydrogens is 325 g/mol. The Labute approximate surface area is 125 Å². The molecule has 0 bridgehead atoms. The van der Waals surface area contributed by atoms with E-state index in [2.05, 4.69) is 4.72 Å². The number of hydrogen-bond donors (Lipinski definition) is 2. The number of carbonyl (C=O) groups is 1. The Bertz CT molecular complexity index is 658. The van der Waals surface area contributed by atoms with E-state index < -0.39 is 32.2 Å². The van der Waals surface area contributed by atoms with Crippen molar-refractivity contribution in [2.45, 2.75) is 23.3 Å². The van der Waals surface area contributed by atoms with Crippen LogP contribution in [0.25, 0.3) is 0 Å². The first kappa shape index (κ1) is 16.2. The molecule has 0 aliphatic carbocycles. The molecule has 0 atom stereocenters. The van der Waals surface area contributed by atoms with E-state index >= 15 is 0 Å². The molecule has 1 aliphatic heterocycles. The Balaban J connectivity index is 2.39. The maximum atomic E-state index is 13.2. The van der Waals surface area contributed by atoms with Crippen molar-refractivity contribution in [2.24, 2.45) is 0 Å². The summed E-state index contributed by atoms with van der Waals surface area (Å²) in [4.78, 5) is 11.0. The van der Waals surface area contributed by atoms with Crippen LogP contribution < -0.4 is 4.72 Å². The number of aliphatic carboxylic acids is 1.